The number of rotatable bonds is 2. The molecule has 3 rings (SSSR count). The van der Waals surface area contributed by atoms with E-state index in [0.717, 1.165) is 21.2 Å². The lowest BCUT2D eigenvalue weighted by atomic mass is 10.2. The molecule has 2 aromatic carbocycles. The Labute approximate surface area is 131 Å². The van der Waals surface area contributed by atoms with Gasteiger partial charge in [-0.05, 0) is 46.3 Å². The van der Waals surface area contributed by atoms with E-state index in [9.17, 15) is 5.11 Å². The first kappa shape index (κ1) is 13.3. The van der Waals surface area contributed by atoms with Crippen LogP contribution in [0, 0.1) is 0 Å². The summed E-state index contributed by atoms with van der Waals surface area (Å²) in [5, 5.41) is 9.96. The molecule has 0 amide bonds. The molecule has 2 N–H and O–H groups in total. The number of phenols is 1. The minimum atomic E-state index is 0.166. The van der Waals surface area contributed by atoms with E-state index >= 15 is 0 Å². The lowest BCUT2D eigenvalue weighted by Crippen LogP contribution is -1.84. The zero-order chi connectivity index (χ0) is 14.1. The number of H-pyrrole nitrogens is 1. The van der Waals surface area contributed by atoms with Crippen LogP contribution in [0.3, 0.4) is 0 Å². The Morgan fingerprint density at radius 3 is 2.90 bits per heavy atom. The quantitative estimate of drug-likeness (QED) is 0.626. The average molecular weight is 395 g/mol. The molecule has 6 heteroatoms. The molecule has 0 saturated heterocycles. The van der Waals surface area contributed by atoms with Crippen molar-refractivity contribution >= 4 is 54.8 Å². The molecular formula is C14H9Br2N3O. The molecule has 100 valence electrons. The SMILES string of the molecule is Oc1c(Br)cc(Br)cc1C=Nc1ccc2nc[nH]c2c1. The number of imidazole rings is 1. The minimum absolute atomic E-state index is 0.166. The van der Waals surface area contributed by atoms with E-state index in [1.165, 1.54) is 0 Å². The summed E-state index contributed by atoms with van der Waals surface area (Å²) in [6, 6.07) is 9.27. The Morgan fingerprint density at radius 1 is 1.20 bits per heavy atom. The van der Waals surface area contributed by atoms with Gasteiger partial charge >= 0.3 is 0 Å². The molecule has 0 radical (unpaired) electrons. The van der Waals surface area contributed by atoms with Crippen molar-refractivity contribution in [1.29, 1.82) is 0 Å². The molecule has 0 unspecified atom stereocenters. The summed E-state index contributed by atoms with van der Waals surface area (Å²) in [5.41, 5.74) is 3.25. The highest BCUT2D eigenvalue weighted by Crippen LogP contribution is 2.31. The molecule has 0 aliphatic heterocycles. The average Bonchev–Trinajstić information content (AvgIpc) is 2.88. The molecule has 4 nitrogen and oxygen atoms in total. The third-order valence-corrected chi connectivity index (χ3v) is 3.88. The number of nitrogens with zero attached hydrogens (tertiary/aromatic N) is 2. The summed E-state index contributed by atoms with van der Waals surface area (Å²) in [4.78, 5) is 11.6. The van der Waals surface area contributed by atoms with Crippen LogP contribution in [0.4, 0.5) is 5.69 Å². The largest absolute Gasteiger partial charge is 0.506 e. The topological polar surface area (TPSA) is 61.3 Å². The summed E-state index contributed by atoms with van der Waals surface area (Å²) < 4.78 is 1.49. The molecule has 0 spiro atoms. The molecule has 0 atom stereocenters. The van der Waals surface area contributed by atoms with Crippen molar-refractivity contribution in [3.05, 3.63) is 51.2 Å². The number of hydrogen-bond donors (Lipinski definition) is 2. The van der Waals surface area contributed by atoms with Crippen LogP contribution in [0.1, 0.15) is 5.56 Å². The van der Waals surface area contributed by atoms with Gasteiger partial charge < -0.3 is 10.1 Å². The maximum atomic E-state index is 9.96. The zero-order valence-corrected chi connectivity index (χ0v) is 13.3. The predicted octanol–water partition coefficient (Wildman–Crippen LogP) is 4.54. The van der Waals surface area contributed by atoms with Crippen molar-refractivity contribution in [2.45, 2.75) is 0 Å². The van der Waals surface area contributed by atoms with Gasteiger partial charge in [-0.1, -0.05) is 15.9 Å². The van der Waals surface area contributed by atoms with E-state index in [1.54, 1.807) is 24.7 Å². The first-order chi connectivity index (χ1) is 9.63. The van der Waals surface area contributed by atoms with Gasteiger partial charge in [0.2, 0.25) is 0 Å². The van der Waals surface area contributed by atoms with Gasteiger partial charge in [0.05, 0.1) is 27.5 Å². The van der Waals surface area contributed by atoms with Gasteiger partial charge in [0, 0.05) is 16.3 Å². The molecule has 1 aromatic heterocycles. The number of aromatic nitrogens is 2. The minimum Gasteiger partial charge on any atom is -0.506 e. The summed E-state index contributed by atoms with van der Waals surface area (Å²) in [7, 11) is 0. The molecule has 0 fully saturated rings. The van der Waals surface area contributed by atoms with Crippen molar-refractivity contribution < 1.29 is 5.11 Å². The van der Waals surface area contributed by atoms with E-state index < -0.39 is 0 Å². The molecular weight excluding hydrogens is 386 g/mol. The molecule has 20 heavy (non-hydrogen) atoms. The number of aromatic amines is 1. The highest BCUT2D eigenvalue weighted by molar-refractivity contribution is 9.11. The molecule has 1 heterocycles. The third kappa shape index (κ3) is 2.62. The van der Waals surface area contributed by atoms with E-state index in [-0.39, 0.29) is 5.75 Å². The Bertz CT molecular complexity index is 811. The fraction of sp³-hybridized carbons (Fsp3) is 0. The van der Waals surface area contributed by atoms with E-state index in [1.807, 2.05) is 18.2 Å². The predicted molar refractivity (Wildman–Crippen MR) is 86.9 cm³/mol. The monoisotopic (exact) mass is 393 g/mol. The molecule has 0 aliphatic rings. The van der Waals surface area contributed by atoms with Crippen LogP contribution >= 0.6 is 31.9 Å². The van der Waals surface area contributed by atoms with E-state index in [2.05, 4.69) is 46.8 Å². The number of fused-ring (bicyclic) bond motifs is 1. The third-order valence-electron chi connectivity index (χ3n) is 2.81. The van der Waals surface area contributed by atoms with Gasteiger partial charge in [-0.2, -0.15) is 0 Å². The fourth-order valence-corrected chi connectivity index (χ4v) is 3.09. The van der Waals surface area contributed by atoms with E-state index in [4.69, 9.17) is 0 Å². The number of halogens is 2. The first-order valence-corrected chi connectivity index (χ1v) is 7.37. The Balaban J connectivity index is 1.97. The molecule has 0 aliphatic carbocycles. The molecule has 0 saturated carbocycles. The van der Waals surface area contributed by atoms with Gasteiger partial charge in [0.25, 0.3) is 0 Å². The number of hydrogen-bond acceptors (Lipinski definition) is 3. The van der Waals surface area contributed by atoms with Crippen LogP contribution in [-0.4, -0.2) is 21.3 Å². The van der Waals surface area contributed by atoms with Crippen LogP contribution in [0.5, 0.6) is 5.75 Å². The smallest absolute Gasteiger partial charge is 0.138 e. The van der Waals surface area contributed by atoms with Crippen LogP contribution in [0.25, 0.3) is 11.0 Å². The summed E-state index contributed by atoms with van der Waals surface area (Å²) in [6.07, 6.45) is 3.28. The van der Waals surface area contributed by atoms with Gasteiger partial charge in [-0.3, -0.25) is 4.99 Å². The van der Waals surface area contributed by atoms with Crippen molar-refractivity contribution in [1.82, 2.24) is 9.97 Å². The van der Waals surface area contributed by atoms with Crippen molar-refractivity contribution in [3.63, 3.8) is 0 Å². The highest BCUT2D eigenvalue weighted by atomic mass is 79.9. The summed E-state index contributed by atoms with van der Waals surface area (Å²) in [6.45, 7) is 0. The van der Waals surface area contributed by atoms with Gasteiger partial charge in [0.15, 0.2) is 0 Å². The number of benzene rings is 2. The fourth-order valence-electron chi connectivity index (χ4n) is 1.83. The second kappa shape index (κ2) is 5.38. The lowest BCUT2D eigenvalue weighted by Gasteiger charge is -2.02. The Kier molecular flexibility index (Phi) is 3.58. The van der Waals surface area contributed by atoms with Gasteiger partial charge in [0.1, 0.15) is 5.75 Å². The van der Waals surface area contributed by atoms with Crippen LogP contribution in [-0.2, 0) is 0 Å². The highest BCUT2D eigenvalue weighted by Gasteiger charge is 2.05. The second-order valence-electron chi connectivity index (χ2n) is 4.19. The maximum absolute atomic E-state index is 9.96. The van der Waals surface area contributed by atoms with Crippen molar-refractivity contribution in [2.75, 3.05) is 0 Å². The normalized spacial score (nSPS) is 11.5. The lowest BCUT2D eigenvalue weighted by molar-refractivity contribution is 0.471. The Morgan fingerprint density at radius 2 is 2.05 bits per heavy atom. The van der Waals surface area contributed by atoms with Crippen LogP contribution < -0.4 is 0 Å². The summed E-state index contributed by atoms with van der Waals surface area (Å²) in [5.74, 6) is 0.166. The van der Waals surface area contributed by atoms with Crippen molar-refractivity contribution in [2.24, 2.45) is 4.99 Å². The molecule has 3 aromatic rings. The van der Waals surface area contributed by atoms with Crippen LogP contribution in [0.15, 0.2) is 50.6 Å². The van der Waals surface area contributed by atoms with Gasteiger partial charge in [-0.25, -0.2) is 4.98 Å². The summed E-state index contributed by atoms with van der Waals surface area (Å²) >= 11 is 6.68. The second-order valence-corrected chi connectivity index (χ2v) is 5.96. The van der Waals surface area contributed by atoms with Crippen LogP contribution in [0.2, 0.25) is 0 Å². The number of aromatic hydroxyl groups is 1. The number of nitrogens with one attached hydrogen (secondary N) is 1. The number of phenolic OH excluding ortho intramolecular Hbond substituents is 1. The van der Waals surface area contributed by atoms with Gasteiger partial charge in [-0.15, -0.1) is 0 Å². The Hall–Kier alpha value is -1.66. The van der Waals surface area contributed by atoms with E-state index in [0.29, 0.717) is 10.0 Å². The first-order valence-electron chi connectivity index (χ1n) is 5.79. The standard InChI is InChI=1S/C14H9Br2N3O/c15-9-3-8(14(20)11(16)4-9)6-17-10-1-2-12-13(5-10)19-7-18-12/h1-7,20H,(H,18,19). The molecule has 0 bridgehead atoms. The number of aliphatic imine (C=N–C) groups is 1. The van der Waals surface area contributed by atoms with Crippen molar-refractivity contribution in [3.8, 4) is 5.75 Å². The maximum Gasteiger partial charge on any atom is 0.138 e. The zero-order valence-electron chi connectivity index (χ0n) is 10.1.